The van der Waals surface area contributed by atoms with Gasteiger partial charge in [-0.25, -0.2) is 9.59 Å². The topological polar surface area (TPSA) is 91.4 Å². The third kappa shape index (κ3) is 12.8. The quantitative estimate of drug-likeness (QED) is 0.263. The highest BCUT2D eigenvalue weighted by molar-refractivity contribution is 8.23. The molecule has 0 heterocycles. The Kier molecular flexibility index (Phi) is 10.5. The highest BCUT2D eigenvalue weighted by atomic mass is 32.2. The van der Waals surface area contributed by atoms with E-state index < -0.39 is 23.5 Å². The number of hydroxylamine groups is 2. The predicted molar refractivity (Wildman–Crippen MR) is 123 cm³/mol. The minimum atomic E-state index is -1.02. The van der Waals surface area contributed by atoms with E-state index in [4.69, 9.17) is 31.3 Å². The van der Waals surface area contributed by atoms with E-state index in [2.05, 4.69) is 0 Å². The van der Waals surface area contributed by atoms with Gasteiger partial charge in [0.05, 0.1) is 13.2 Å². The minimum Gasteiger partial charge on any atom is -0.479 e. The lowest BCUT2D eigenvalue weighted by Gasteiger charge is -2.29. The van der Waals surface area contributed by atoms with Crippen molar-refractivity contribution in [3.8, 4) is 0 Å². The molecule has 1 amide bonds. The fraction of sp³-hybridized carbons (Fsp3) is 0.810. The maximum absolute atomic E-state index is 12.7. The molecule has 0 N–H and O–H groups in total. The van der Waals surface area contributed by atoms with Gasteiger partial charge in [0, 0.05) is 17.6 Å². The van der Waals surface area contributed by atoms with Crippen molar-refractivity contribution in [3.63, 3.8) is 0 Å². The lowest BCUT2D eigenvalue weighted by atomic mass is 10.1. The first-order valence-corrected chi connectivity index (χ1v) is 11.8. The molecule has 1 fully saturated rings. The van der Waals surface area contributed by atoms with Gasteiger partial charge in [0.15, 0.2) is 0 Å². The van der Waals surface area contributed by atoms with E-state index in [0.29, 0.717) is 23.8 Å². The molecule has 1 aliphatic carbocycles. The second-order valence-corrected chi connectivity index (χ2v) is 11.2. The number of nitrogens with zero attached hydrogens (tertiary/aromatic N) is 1. The van der Waals surface area contributed by atoms with Gasteiger partial charge in [0.25, 0.3) is 0 Å². The van der Waals surface area contributed by atoms with E-state index in [1.165, 1.54) is 11.8 Å². The number of carbonyl (C=O) groups is 3. The largest absolute Gasteiger partial charge is 0.534 e. The summed E-state index contributed by atoms with van der Waals surface area (Å²) in [5.74, 6) is 0.342. The third-order valence-electron chi connectivity index (χ3n) is 3.81. The number of ketones is 1. The average Bonchev–Trinajstić information content (AvgIpc) is 3.40. The van der Waals surface area contributed by atoms with Gasteiger partial charge < -0.3 is 19.0 Å². The van der Waals surface area contributed by atoms with Gasteiger partial charge in [-0.1, -0.05) is 11.8 Å². The Morgan fingerprint density at radius 2 is 1.65 bits per heavy atom. The molecule has 1 aliphatic rings. The molecule has 8 nitrogen and oxygen atoms in total. The van der Waals surface area contributed by atoms with Crippen LogP contribution >= 0.6 is 24.0 Å². The number of hydrogen-bond donors (Lipinski definition) is 0. The normalized spacial score (nSPS) is 14.9. The molecule has 1 rings (SSSR count). The molecule has 0 aromatic carbocycles. The van der Waals surface area contributed by atoms with Crippen LogP contribution in [0.2, 0.25) is 0 Å². The first-order chi connectivity index (χ1) is 14.2. The number of thiocarbonyl (C=S) groups is 1. The van der Waals surface area contributed by atoms with Crippen LogP contribution < -0.4 is 0 Å². The van der Waals surface area contributed by atoms with Crippen molar-refractivity contribution in [2.75, 3.05) is 13.2 Å². The first kappa shape index (κ1) is 27.5. The Hall–Kier alpha value is -1.55. The summed E-state index contributed by atoms with van der Waals surface area (Å²) < 4.78 is 16.2. The maximum Gasteiger partial charge on any atom is 0.534 e. The molecule has 1 saturated carbocycles. The van der Waals surface area contributed by atoms with E-state index in [-0.39, 0.29) is 23.5 Å². The van der Waals surface area contributed by atoms with Crippen LogP contribution in [0.1, 0.15) is 74.1 Å². The molecular formula is C21H35NO7S2. The first-order valence-electron chi connectivity index (χ1n) is 10.5. The zero-order valence-electron chi connectivity index (χ0n) is 19.5. The van der Waals surface area contributed by atoms with Gasteiger partial charge in [-0.3, -0.25) is 4.79 Å². The van der Waals surface area contributed by atoms with Crippen molar-refractivity contribution >= 4 is 46.4 Å². The number of amides is 1. The zero-order valence-corrected chi connectivity index (χ0v) is 21.2. The smallest absolute Gasteiger partial charge is 0.479 e. The molecule has 0 radical (unpaired) electrons. The van der Waals surface area contributed by atoms with Crippen molar-refractivity contribution in [1.82, 2.24) is 5.06 Å². The van der Waals surface area contributed by atoms with Gasteiger partial charge in [0.2, 0.25) is 4.38 Å². The number of carbonyl (C=O) groups excluding carboxylic acids is 3. The second-order valence-electron chi connectivity index (χ2n) is 9.30. The van der Waals surface area contributed by atoms with Crippen molar-refractivity contribution in [2.45, 2.75) is 90.6 Å². The fourth-order valence-electron chi connectivity index (χ4n) is 2.39. The third-order valence-corrected chi connectivity index (χ3v) is 5.25. The molecular weight excluding hydrogens is 442 g/mol. The summed E-state index contributed by atoms with van der Waals surface area (Å²) >= 11 is 6.45. The highest BCUT2D eigenvalue weighted by Crippen LogP contribution is 2.32. The lowest BCUT2D eigenvalue weighted by Crippen LogP contribution is -2.43. The van der Waals surface area contributed by atoms with Crippen LogP contribution in [0.3, 0.4) is 0 Å². The summed E-state index contributed by atoms with van der Waals surface area (Å²) in [6, 6.07) is 0. The van der Waals surface area contributed by atoms with Gasteiger partial charge in [-0.05, 0) is 79.9 Å². The molecule has 0 spiro atoms. The van der Waals surface area contributed by atoms with E-state index >= 15 is 0 Å². The number of ether oxygens (including phenoxy) is 3. The summed E-state index contributed by atoms with van der Waals surface area (Å²) in [6.45, 7) is 12.4. The minimum absolute atomic E-state index is 0.0377. The van der Waals surface area contributed by atoms with Crippen molar-refractivity contribution < 1.29 is 33.4 Å². The van der Waals surface area contributed by atoms with E-state index in [1.807, 2.05) is 6.92 Å². The van der Waals surface area contributed by atoms with Crippen LogP contribution in [0.25, 0.3) is 0 Å². The number of rotatable bonds is 8. The van der Waals surface area contributed by atoms with E-state index in [1.54, 1.807) is 41.5 Å². The number of thioether (sulfide) groups is 1. The van der Waals surface area contributed by atoms with E-state index in [0.717, 1.165) is 17.9 Å². The molecule has 0 saturated heterocycles. The van der Waals surface area contributed by atoms with Crippen LogP contribution in [0.15, 0.2) is 0 Å². The van der Waals surface area contributed by atoms with Gasteiger partial charge >= 0.3 is 12.2 Å². The van der Waals surface area contributed by atoms with Crippen LogP contribution in [0, 0.1) is 5.92 Å². The second kappa shape index (κ2) is 11.9. The molecule has 1 atom stereocenters. The van der Waals surface area contributed by atoms with Crippen molar-refractivity contribution in [3.05, 3.63) is 0 Å². The lowest BCUT2D eigenvalue weighted by molar-refractivity contribution is -0.136. The molecule has 31 heavy (non-hydrogen) atoms. The molecule has 1 unspecified atom stereocenters. The number of hydrogen-bond acceptors (Lipinski definition) is 9. The molecule has 0 aromatic heterocycles. The van der Waals surface area contributed by atoms with Crippen molar-refractivity contribution in [2.24, 2.45) is 5.92 Å². The standard InChI is InChI=1S/C21H35NO7S2/c1-8-26-19(30)31-15(11-12-16(23)14-9-10-14)13-22(17(24)27-20(2,3)4)29-18(25)28-21(5,6)7/h14-15H,8-13H2,1-7H3. The van der Waals surface area contributed by atoms with E-state index in [9.17, 15) is 14.4 Å². The Bertz CT molecular complexity index is 651. The van der Waals surface area contributed by atoms with Crippen LogP contribution in [0.4, 0.5) is 9.59 Å². The highest BCUT2D eigenvalue weighted by Gasteiger charge is 2.33. The van der Waals surface area contributed by atoms with Crippen molar-refractivity contribution in [1.29, 1.82) is 0 Å². The molecule has 178 valence electrons. The Morgan fingerprint density at radius 1 is 1.06 bits per heavy atom. The summed E-state index contributed by atoms with van der Waals surface area (Å²) in [7, 11) is 0. The monoisotopic (exact) mass is 477 g/mol. The van der Waals surface area contributed by atoms with Gasteiger partial charge in [0.1, 0.15) is 17.0 Å². The van der Waals surface area contributed by atoms with Crippen LogP contribution in [-0.4, -0.2) is 57.1 Å². The Labute approximate surface area is 194 Å². The summed E-state index contributed by atoms with van der Waals surface area (Å²) in [4.78, 5) is 42.3. The van der Waals surface area contributed by atoms with Crippen LogP contribution in [-0.2, 0) is 23.8 Å². The fourth-order valence-corrected chi connectivity index (χ4v) is 3.82. The number of Topliss-reactive ketones (excluding diaryl/α,β-unsaturated/α-hetero) is 1. The molecule has 10 heteroatoms. The summed E-state index contributed by atoms with van der Waals surface area (Å²) in [5.41, 5.74) is -1.59. The molecule has 0 aliphatic heterocycles. The SMILES string of the molecule is CCOC(=S)SC(CCC(=O)C1CC1)CN(OC(=O)OC(C)(C)C)C(=O)OC(C)(C)C. The molecule has 0 bridgehead atoms. The Balaban J connectivity index is 2.92. The van der Waals surface area contributed by atoms with Gasteiger partial charge in [-0.2, -0.15) is 0 Å². The van der Waals surface area contributed by atoms with Gasteiger partial charge in [-0.15, -0.1) is 5.06 Å². The Morgan fingerprint density at radius 3 is 2.13 bits per heavy atom. The van der Waals surface area contributed by atoms with Crippen LogP contribution in [0.5, 0.6) is 0 Å². The zero-order chi connectivity index (χ0) is 23.8. The molecule has 0 aromatic rings. The maximum atomic E-state index is 12.7. The average molecular weight is 478 g/mol. The summed E-state index contributed by atoms with van der Waals surface area (Å²) in [5, 5.41) is 0.490. The summed E-state index contributed by atoms with van der Waals surface area (Å²) in [6.07, 6.45) is 0.804. The predicted octanol–water partition coefficient (Wildman–Crippen LogP) is 5.27.